The van der Waals surface area contributed by atoms with E-state index in [1.807, 2.05) is 60.7 Å². The van der Waals surface area contributed by atoms with E-state index in [2.05, 4.69) is 24.3 Å². The van der Waals surface area contributed by atoms with Crippen LogP contribution in [0.25, 0.3) is 21.5 Å². The number of anilines is 2. The van der Waals surface area contributed by atoms with Crippen molar-refractivity contribution in [2.75, 3.05) is 11.5 Å². The van der Waals surface area contributed by atoms with Gasteiger partial charge in [0, 0.05) is 11.4 Å². The minimum absolute atomic E-state index is 0.660. The van der Waals surface area contributed by atoms with E-state index in [1.54, 1.807) is 0 Å². The first-order valence-electron chi connectivity index (χ1n) is 10.7. The highest BCUT2D eigenvalue weighted by Gasteiger charge is 2.21. The number of nitrogens with zero attached hydrogens (tertiary/aromatic N) is 3. The zero-order valence-electron chi connectivity index (χ0n) is 19.3. The lowest BCUT2D eigenvalue weighted by atomic mass is 10.1. The molecule has 37 heavy (non-hydrogen) atoms. The van der Waals surface area contributed by atoms with Crippen LogP contribution in [0.4, 0.5) is 28.4 Å². The topological polar surface area (TPSA) is 181 Å². The molecule has 0 fully saturated rings. The van der Waals surface area contributed by atoms with Gasteiger partial charge in [0.25, 0.3) is 17.1 Å². The number of nitro benzene ring substituents is 3. The van der Waals surface area contributed by atoms with Gasteiger partial charge in [-0.25, -0.2) is 0 Å². The summed E-state index contributed by atoms with van der Waals surface area (Å²) in [7, 11) is 0. The maximum Gasteiger partial charge on any atom is 0.283 e. The summed E-state index contributed by atoms with van der Waals surface area (Å²) < 4.78 is 0. The van der Waals surface area contributed by atoms with E-state index in [4.69, 9.17) is 11.5 Å². The Balaban J connectivity index is 0.000000156. The number of nitrogens with two attached hydrogens (primary N) is 2. The average Bonchev–Trinajstić information content (AvgIpc) is 2.89. The molecule has 0 heterocycles. The summed E-state index contributed by atoms with van der Waals surface area (Å²) in [5, 5.41) is 35.8. The number of hydrogen-bond acceptors (Lipinski definition) is 8. The Morgan fingerprint density at radius 2 is 0.730 bits per heavy atom. The first kappa shape index (κ1) is 26.0. The van der Waals surface area contributed by atoms with Crippen molar-refractivity contribution in [2.45, 2.75) is 0 Å². The Labute approximate surface area is 210 Å². The van der Waals surface area contributed by atoms with Gasteiger partial charge in [-0.15, -0.1) is 0 Å². The Kier molecular flexibility index (Phi) is 8.24. The third-order valence-electron chi connectivity index (χ3n) is 5.07. The van der Waals surface area contributed by atoms with E-state index in [0.29, 0.717) is 18.2 Å². The maximum atomic E-state index is 10.3. The largest absolute Gasteiger partial charge is 0.399 e. The van der Waals surface area contributed by atoms with Crippen LogP contribution in [0.15, 0.2) is 103 Å². The minimum atomic E-state index is -0.931. The van der Waals surface area contributed by atoms with Gasteiger partial charge in [-0.05, 0) is 45.8 Å². The fourth-order valence-electron chi connectivity index (χ4n) is 3.31. The molecule has 11 nitrogen and oxygen atoms in total. The summed E-state index contributed by atoms with van der Waals surface area (Å²) in [6.45, 7) is 0. The molecule has 0 amide bonds. The summed E-state index contributed by atoms with van der Waals surface area (Å²) >= 11 is 0. The lowest BCUT2D eigenvalue weighted by Gasteiger charge is -1.96. The van der Waals surface area contributed by atoms with E-state index >= 15 is 0 Å². The minimum Gasteiger partial charge on any atom is -0.399 e. The van der Waals surface area contributed by atoms with Gasteiger partial charge in [-0.2, -0.15) is 0 Å². The normalized spacial score (nSPS) is 9.95. The summed E-state index contributed by atoms with van der Waals surface area (Å²) in [5.74, 6) is 0. The van der Waals surface area contributed by atoms with Crippen molar-refractivity contribution >= 4 is 50.0 Å². The van der Waals surface area contributed by atoms with Crippen LogP contribution in [0.2, 0.25) is 0 Å². The number of hydrogen-bond donors (Lipinski definition) is 2. The quantitative estimate of drug-likeness (QED) is 0.166. The van der Waals surface area contributed by atoms with Gasteiger partial charge in [-0.3, -0.25) is 30.3 Å². The number of fused-ring (bicyclic) bond motifs is 2. The van der Waals surface area contributed by atoms with Gasteiger partial charge in [0.2, 0.25) is 0 Å². The highest BCUT2D eigenvalue weighted by atomic mass is 16.6. The Morgan fingerprint density at radius 1 is 0.432 bits per heavy atom. The smallest absolute Gasteiger partial charge is 0.283 e. The van der Waals surface area contributed by atoms with Gasteiger partial charge >= 0.3 is 0 Å². The average molecular weight is 499 g/mol. The van der Waals surface area contributed by atoms with Crippen molar-refractivity contribution in [2.24, 2.45) is 0 Å². The molecule has 0 aliphatic heterocycles. The standard InChI is InChI=1S/2C10H9N.C6H3N3O6/c2*11-10-6-5-8-3-1-2-4-9(8)7-10;10-7(11)4-1-5(8(12)13)3-6(2-4)9(14)15/h2*1-7H,11H2;1-3H. The van der Waals surface area contributed by atoms with Gasteiger partial charge in [0.15, 0.2) is 0 Å². The zero-order chi connectivity index (χ0) is 26.9. The Bertz CT molecular complexity index is 1450. The Hall–Kier alpha value is -5.58. The molecule has 0 atom stereocenters. The number of nitro groups is 3. The van der Waals surface area contributed by atoms with E-state index in [0.717, 1.165) is 11.4 Å². The molecule has 5 aromatic carbocycles. The van der Waals surface area contributed by atoms with Crippen LogP contribution in [0.3, 0.4) is 0 Å². The molecule has 0 spiro atoms. The molecule has 186 valence electrons. The van der Waals surface area contributed by atoms with Gasteiger partial charge in [0.1, 0.15) is 0 Å². The predicted molar refractivity (Wildman–Crippen MR) is 143 cm³/mol. The SMILES string of the molecule is Nc1ccc2ccccc2c1.Nc1ccc2ccccc2c1.O=[N+]([O-])c1cc([N+](=O)[O-])cc([N+](=O)[O-])c1. The van der Waals surface area contributed by atoms with Gasteiger partial charge in [0.05, 0.1) is 33.0 Å². The van der Waals surface area contributed by atoms with E-state index in [1.165, 1.54) is 21.5 Å². The van der Waals surface area contributed by atoms with Gasteiger partial charge in [-0.1, -0.05) is 60.7 Å². The van der Waals surface area contributed by atoms with Crippen LogP contribution in [-0.4, -0.2) is 14.8 Å². The molecule has 0 aromatic heterocycles. The molecule has 0 aliphatic carbocycles. The van der Waals surface area contributed by atoms with E-state index in [-0.39, 0.29) is 0 Å². The molecule has 5 aromatic rings. The highest BCUT2D eigenvalue weighted by Crippen LogP contribution is 2.26. The number of nitrogen functional groups attached to an aromatic ring is 2. The highest BCUT2D eigenvalue weighted by molar-refractivity contribution is 5.85. The van der Waals surface area contributed by atoms with Crippen LogP contribution in [0.1, 0.15) is 0 Å². The second-order valence-electron chi connectivity index (χ2n) is 7.69. The second kappa shape index (κ2) is 11.7. The van der Waals surface area contributed by atoms with E-state index in [9.17, 15) is 30.3 Å². The van der Waals surface area contributed by atoms with Gasteiger partial charge < -0.3 is 11.5 Å². The molecule has 11 heteroatoms. The second-order valence-corrected chi connectivity index (χ2v) is 7.69. The number of rotatable bonds is 3. The number of benzene rings is 5. The molecule has 0 aliphatic rings. The predicted octanol–water partition coefficient (Wildman–Crippen LogP) is 6.26. The molecule has 0 saturated heterocycles. The molecule has 5 rings (SSSR count). The summed E-state index contributed by atoms with van der Waals surface area (Å²) in [5.41, 5.74) is 10.8. The zero-order valence-corrected chi connectivity index (χ0v) is 19.3. The van der Waals surface area contributed by atoms with Crippen LogP contribution in [0, 0.1) is 30.3 Å². The van der Waals surface area contributed by atoms with Crippen LogP contribution in [0.5, 0.6) is 0 Å². The molecule has 0 radical (unpaired) electrons. The molecule has 0 saturated carbocycles. The first-order chi connectivity index (χ1) is 17.6. The third kappa shape index (κ3) is 7.20. The number of non-ortho nitro benzene ring substituents is 3. The van der Waals surface area contributed by atoms with Crippen molar-refractivity contribution in [3.63, 3.8) is 0 Å². The summed E-state index contributed by atoms with van der Waals surface area (Å²) in [4.78, 5) is 28.1. The summed E-state index contributed by atoms with van der Waals surface area (Å²) in [6.07, 6.45) is 0. The third-order valence-corrected chi connectivity index (χ3v) is 5.07. The first-order valence-corrected chi connectivity index (χ1v) is 10.7. The maximum absolute atomic E-state index is 10.3. The Morgan fingerprint density at radius 3 is 1.03 bits per heavy atom. The van der Waals surface area contributed by atoms with E-state index < -0.39 is 31.8 Å². The summed E-state index contributed by atoms with van der Waals surface area (Å²) in [6, 6.07) is 30.2. The molecular weight excluding hydrogens is 478 g/mol. The molecular formula is C26H21N5O6. The van der Waals surface area contributed by atoms with Crippen LogP contribution >= 0.6 is 0 Å². The van der Waals surface area contributed by atoms with Crippen molar-refractivity contribution in [3.05, 3.63) is 133 Å². The van der Waals surface area contributed by atoms with Crippen molar-refractivity contribution in [3.8, 4) is 0 Å². The monoisotopic (exact) mass is 499 g/mol. The van der Waals surface area contributed by atoms with Crippen molar-refractivity contribution < 1.29 is 14.8 Å². The lowest BCUT2D eigenvalue weighted by Crippen LogP contribution is -1.96. The van der Waals surface area contributed by atoms with Crippen molar-refractivity contribution in [1.29, 1.82) is 0 Å². The fourth-order valence-corrected chi connectivity index (χ4v) is 3.31. The van der Waals surface area contributed by atoms with Crippen molar-refractivity contribution in [1.82, 2.24) is 0 Å². The fraction of sp³-hybridized carbons (Fsp3) is 0. The van der Waals surface area contributed by atoms with Crippen LogP contribution in [-0.2, 0) is 0 Å². The molecule has 4 N–H and O–H groups in total. The lowest BCUT2D eigenvalue weighted by molar-refractivity contribution is -0.403. The van der Waals surface area contributed by atoms with Crippen LogP contribution < -0.4 is 11.5 Å². The molecule has 0 unspecified atom stereocenters. The molecule has 0 bridgehead atoms.